The number of nitrogens with one attached hydrogen (secondary N) is 2. The number of hydrogen-bond acceptors (Lipinski definition) is 5. The number of aromatic nitrogens is 4. The molecule has 0 spiro atoms. The Labute approximate surface area is 113 Å². The van der Waals surface area contributed by atoms with Gasteiger partial charge in [0.25, 0.3) is 0 Å². The molecule has 0 saturated heterocycles. The minimum atomic E-state index is 0.121. The first-order chi connectivity index (χ1) is 9.26. The minimum absolute atomic E-state index is 0.121. The van der Waals surface area contributed by atoms with E-state index in [1.165, 1.54) is 0 Å². The Bertz CT molecular complexity index is 788. The van der Waals surface area contributed by atoms with Gasteiger partial charge in [0.2, 0.25) is 5.28 Å². The van der Waals surface area contributed by atoms with Gasteiger partial charge in [0.1, 0.15) is 5.82 Å². The number of nitriles is 1. The molecule has 2 heterocycles. The summed E-state index contributed by atoms with van der Waals surface area (Å²) >= 11 is 5.84. The van der Waals surface area contributed by atoms with E-state index in [4.69, 9.17) is 16.9 Å². The summed E-state index contributed by atoms with van der Waals surface area (Å²) < 4.78 is 0. The molecule has 19 heavy (non-hydrogen) atoms. The number of halogens is 1. The molecular formula is C12H7ClN6. The lowest BCUT2D eigenvalue weighted by molar-refractivity contribution is 1.09. The maximum absolute atomic E-state index is 8.87. The average Bonchev–Trinajstić information content (AvgIpc) is 2.87. The van der Waals surface area contributed by atoms with Crippen molar-refractivity contribution < 1.29 is 0 Å². The summed E-state index contributed by atoms with van der Waals surface area (Å²) in [6, 6.07) is 9.16. The summed E-state index contributed by atoms with van der Waals surface area (Å²) in [5, 5.41) is 19.5. The van der Waals surface area contributed by atoms with Gasteiger partial charge in [0, 0.05) is 5.69 Å². The Kier molecular flexibility index (Phi) is 2.74. The summed E-state index contributed by atoms with van der Waals surface area (Å²) in [6.07, 6.45) is 1.61. The Morgan fingerprint density at radius 2 is 2.21 bits per heavy atom. The van der Waals surface area contributed by atoms with Crippen molar-refractivity contribution in [1.29, 1.82) is 5.26 Å². The van der Waals surface area contributed by atoms with E-state index in [0.717, 1.165) is 11.1 Å². The number of rotatable bonds is 2. The number of hydrogen-bond donors (Lipinski definition) is 2. The highest BCUT2D eigenvalue weighted by Gasteiger charge is 2.08. The lowest BCUT2D eigenvalue weighted by Gasteiger charge is -2.06. The normalized spacial score (nSPS) is 10.3. The van der Waals surface area contributed by atoms with Gasteiger partial charge < -0.3 is 5.32 Å². The fourth-order valence-corrected chi connectivity index (χ4v) is 1.88. The van der Waals surface area contributed by atoms with Gasteiger partial charge in [-0.2, -0.15) is 20.3 Å². The van der Waals surface area contributed by atoms with Crippen molar-refractivity contribution in [2.45, 2.75) is 0 Å². The van der Waals surface area contributed by atoms with Crippen LogP contribution >= 0.6 is 11.6 Å². The molecular weight excluding hydrogens is 264 g/mol. The van der Waals surface area contributed by atoms with Gasteiger partial charge in [-0.15, -0.1) is 0 Å². The second-order valence-electron chi connectivity index (χ2n) is 3.79. The second kappa shape index (κ2) is 4.55. The van der Waals surface area contributed by atoms with Gasteiger partial charge in [-0.25, -0.2) is 0 Å². The zero-order valence-corrected chi connectivity index (χ0v) is 10.3. The molecule has 2 aromatic heterocycles. The quantitative estimate of drug-likeness (QED) is 0.699. The van der Waals surface area contributed by atoms with Crippen molar-refractivity contribution in [1.82, 2.24) is 20.2 Å². The predicted molar refractivity (Wildman–Crippen MR) is 71.1 cm³/mol. The molecule has 2 N–H and O–H groups in total. The first kappa shape index (κ1) is 11.4. The van der Waals surface area contributed by atoms with E-state index < -0.39 is 0 Å². The lowest BCUT2D eigenvalue weighted by atomic mass is 10.2. The van der Waals surface area contributed by atoms with E-state index >= 15 is 0 Å². The molecule has 0 bridgehead atoms. The standard InChI is InChI=1S/C12H7ClN6/c13-12-17-10(9-6-15-19-11(9)18-12)16-8-3-1-2-7(4-8)5-14/h1-4,6H,(H2,15,16,17,18,19). The van der Waals surface area contributed by atoms with Crippen molar-refractivity contribution in [3.8, 4) is 6.07 Å². The summed E-state index contributed by atoms with van der Waals surface area (Å²) in [7, 11) is 0. The van der Waals surface area contributed by atoms with E-state index in [0.29, 0.717) is 17.0 Å². The first-order valence-electron chi connectivity index (χ1n) is 5.40. The Hall–Kier alpha value is -2.65. The molecule has 3 rings (SSSR count). The molecule has 1 aromatic carbocycles. The molecule has 0 unspecified atom stereocenters. The van der Waals surface area contributed by atoms with E-state index in [9.17, 15) is 0 Å². The van der Waals surface area contributed by atoms with Crippen molar-refractivity contribution in [2.24, 2.45) is 0 Å². The van der Waals surface area contributed by atoms with Crippen LogP contribution in [0.15, 0.2) is 30.5 Å². The molecule has 0 aliphatic heterocycles. The average molecular weight is 271 g/mol. The number of aromatic amines is 1. The van der Waals surface area contributed by atoms with Gasteiger partial charge in [-0.3, -0.25) is 5.10 Å². The van der Waals surface area contributed by atoms with Crippen LogP contribution in [0.1, 0.15) is 5.56 Å². The van der Waals surface area contributed by atoms with Gasteiger partial charge in [-0.1, -0.05) is 6.07 Å². The van der Waals surface area contributed by atoms with Gasteiger partial charge >= 0.3 is 0 Å². The zero-order chi connectivity index (χ0) is 13.2. The third kappa shape index (κ3) is 2.19. The number of fused-ring (bicyclic) bond motifs is 1. The van der Waals surface area contributed by atoms with E-state index in [-0.39, 0.29) is 5.28 Å². The van der Waals surface area contributed by atoms with Crippen LogP contribution in [-0.2, 0) is 0 Å². The predicted octanol–water partition coefficient (Wildman–Crippen LogP) is 2.62. The van der Waals surface area contributed by atoms with Gasteiger partial charge in [0.15, 0.2) is 5.65 Å². The minimum Gasteiger partial charge on any atom is -0.339 e. The summed E-state index contributed by atoms with van der Waals surface area (Å²) in [6.45, 7) is 0. The highest BCUT2D eigenvalue weighted by Crippen LogP contribution is 2.24. The maximum atomic E-state index is 8.87. The van der Waals surface area contributed by atoms with Crippen LogP contribution in [0.25, 0.3) is 11.0 Å². The van der Waals surface area contributed by atoms with Crippen LogP contribution in [0.2, 0.25) is 5.28 Å². The molecule has 92 valence electrons. The van der Waals surface area contributed by atoms with Crippen LogP contribution in [0.5, 0.6) is 0 Å². The monoisotopic (exact) mass is 270 g/mol. The Morgan fingerprint density at radius 3 is 3.05 bits per heavy atom. The molecule has 0 atom stereocenters. The molecule has 0 fully saturated rings. The zero-order valence-electron chi connectivity index (χ0n) is 9.55. The van der Waals surface area contributed by atoms with Crippen LogP contribution in [-0.4, -0.2) is 20.2 Å². The Morgan fingerprint density at radius 1 is 1.32 bits per heavy atom. The molecule has 0 aliphatic rings. The van der Waals surface area contributed by atoms with E-state index in [1.54, 1.807) is 24.4 Å². The fraction of sp³-hybridized carbons (Fsp3) is 0. The van der Waals surface area contributed by atoms with Crippen LogP contribution in [0.4, 0.5) is 11.5 Å². The third-order valence-corrected chi connectivity index (χ3v) is 2.71. The molecule has 7 heteroatoms. The largest absolute Gasteiger partial charge is 0.339 e. The SMILES string of the molecule is N#Cc1cccc(Nc2nc(Cl)nc3[nH]ncc23)c1. The highest BCUT2D eigenvalue weighted by atomic mass is 35.5. The van der Waals surface area contributed by atoms with Crippen molar-refractivity contribution >= 4 is 34.1 Å². The van der Waals surface area contributed by atoms with E-state index in [2.05, 4.69) is 31.6 Å². The molecule has 0 radical (unpaired) electrons. The van der Waals surface area contributed by atoms with Crippen molar-refractivity contribution in [3.05, 3.63) is 41.3 Å². The number of nitrogens with zero attached hydrogens (tertiary/aromatic N) is 4. The number of anilines is 2. The molecule has 0 saturated carbocycles. The van der Waals surface area contributed by atoms with Crippen molar-refractivity contribution in [3.63, 3.8) is 0 Å². The van der Waals surface area contributed by atoms with Gasteiger partial charge in [-0.05, 0) is 29.8 Å². The molecule has 6 nitrogen and oxygen atoms in total. The smallest absolute Gasteiger partial charge is 0.226 e. The second-order valence-corrected chi connectivity index (χ2v) is 4.13. The number of benzene rings is 1. The van der Waals surface area contributed by atoms with Crippen LogP contribution in [0, 0.1) is 11.3 Å². The third-order valence-electron chi connectivity index (χ3n) is 2.54. The van der Waals surface area contributed by atoms with Crippen molar-refractivity contribution in [2.75, 3.05) is 5.32 Å². The highest BCUT2D eigenvalue weighted by molar-refractivity contribution is 6.28. The summed E-state index contributed by atoms with van der Waals surface area (Å²) in [5.41, 5.74) is 1.86. The van der Waals surface area contributed by atoms with Gasteiger partial charge in [0.05, 0.1) is 23.2 Å². The molecule has 0 amide bonds. The topological polar surface area (TPSA) is 90.3 Å². The summed E-state index contributed by atoms with van der Waals surface area (Å²) in [4.78, 5) is 8.14. The maximum Gasteiger partial charge on any atom is 0.226 e. The van der Waals surface area contributed by atoms with Crippen LogP contribution in [0.3, 0.4) is 0 Å². The lowest BCUT2D eigenvalue weighted by Crippen LogP contribution is -1.96. The summed E-state index contributed by atoms with van der Waals surface area (Å²) in [5.74, 6) is 0.541. The molecule has 3 aromatic rings. The van der Waals surface area contributed by atoms with E-state index in [1.807, 2.05) is 6.07 Å². The van der Waals surface area contributed by atoms with Crippen LogP contribution < -0.4 is 5.32 Å². The number of H-pyrrole nitrogens is 1. The fourth-order valence-electron chi connectivity index (χ4n) is 1.71. The first-order valence-corrected chi connectivity index (χ1v) is 5.78. The Balaban J connectivity index is 2.05. The molecule has 0 aliphatic carbocycles.